The lowest BCUT2D eigenvalue weighted by atomic mass is 10.1. The first kappa shape index (κ1) is 7.52. The van der Waals surface area contributed by atoms with Crippen molar-refractivity contribution in [3.63, 3.8) is 0 Å². The van der Waals surface area contributed by atoms with Crippen LogP contribution in [0.15, 0.2) is 16.3 Å². The largest absolute Gasteiger partial charge is 0.263 e. The van der Waals surface area contributed by atoms with Crippen molar-refractivity contribution >= 4 is 5.71 Å². The molecule has 0 bridgehead atoms. The number of hydrogen-bond donors (Lipinski definition) is 0. The second-order valence-corrected chi connectivity index (χ2v) is 3.07. The number of nitrogens with zero attached hydrogens (tertiary/aromatic N) is 1. The number of allylic oxidation sites excluding steroid dienone is 2. The molecule has 1 aliphatic heterocycles. The fraction of sp³-hybridized carbons (Fsp3) is 0.667. The Hall–Kier alpha value is -0.590. The van der Waals surface area contributed by atoms with Crippen LogP contribution >= 0.6 is 0 Å². The Balaban J connectivity index is 2.82. The number of rotatable bonds is 0. The maximum atomic E-state index is 4.45. The third-order valence-corrected chi connectivity index (χ3v) is 2.07. The molecule has 1 heterocycles. The molecule has 0 aromatic rings. The standard InChI is InChI=1S/C9H15N/c1-7-5-4-6-8(2)10-9(7)3/h4-6H2,1-3H3. The molecule has 0 aliphatic carbocycles. The van der Waals surface area contributed by atoms with E-state index in [0.717, 1.165) is 0 Å². The van der Waals surface area contributed by atoms with Crippen LogP contribution in [-0.4, -0.2) is 5.71 Å². The van der Waals surface area contributed by atoms with Gasteiger partial charge in [-0.3, -0.25) is 4.99 Å². The Morgan fingerprint density at radius 1 is 1.10 bits per heavy atom. The lowest BCUT2D eigenvalue weighted by Crippen LogP contribution is -1.87. The van der Waals surface area contributed by atoms with Crippen molar-refractivity contribution in [1.29, 1.82) is 0 Å². The van der Waals surface area contributed by atoms with Gasteiger partial charge in [-0.2, -0.15) is 0 Å². The van der Waals surface area contributed by atoms with E-state index in [1.165, 1.54) is 36.2 Å². The fourth-order valence-corrected chi connectivity index (χ4v) is 1.23. The molecular weight excluding hydrogens is 122 g/mol. The van der Waals surface area contributed by atoms with E-state index in [1.807, 2.05) is 0 Å². The second kappa shape index (κ2) is 3.00. The molecule has 10 heavy (non-hydrogen) atoms. The predicted molar refractivity (Wildman–Crippen MR) is 45.3 cm³/mol. The van der Waals surface area contributed by atoms with Crippen molar-refractivity contribution in [1.82, 2.24) is 0 Å². The van der Waals surface area contributed by atoms with Gasteiger partial charge in [-0.1, -0.05) is 5.57 Å². The number of aliphatic imine (C=N–C) groups is 1. The average Bonchev–Trinajstić information content (AvgIpc) is 1.96. The highest BCUT2D eigenvalue weighted by atomic mass is 14.7. The highest BCUT2D eigenvalue weighted by Crippen LogP contribution is 2.17. The molecule has 0 saturated heterocycles. The molecule has 0 atom stereocenters. The van der Waals surface area contributed by atoms with Crippen LogP contribution in [0.4, 0.5) is 0 Å². The van der Waals surface area contributed by atoms with Crippen LogP contribution in [0, 0.1) is 0 Å². The van der Waals surface area contributed by atoms with Gasteiger partial charge in [0.05, 0.1) is 0 Å². The summed E-state index contributed by atoms with van der Waals surface area (Å²) in [6.45, 7) is 6.39. The monoisotopic (exact) mass is 137 g/mol. The summed E-state index contributed by atoms with van der Waals surface area (Å²) in [5.41, 5.74) is 3.97. The van der Waals surface area contributed by atoms with Crippen LogP contribution < -0.4 is 0 Å². The van der Waals surface area contributed by atoms with Crippen molar-refractivity contribution in [3.8, 4) is 0 Å². The molecule has 1 rings (SSSR count). The Labute approximate surface area is 62.9 Å². The van der Waals surface area contributed by atoms with Crippen molar-refractivity contribution in [3.05, 3.63) is 11.3 Å². The van der Waals surface area contributed by atoms with E-state index in [1.54, 1.807) is 0 Å². The SMILES string of the molecule is CC1=NC(C)=C(C)CCC1. The summed E-state index contributed by atoms with van der Waals surface area (Å²) in [6, 6.07) is 0. The van der Waals surface area contributed by atoms with Gasteiger partial charge in [0.25, 0.3) is 0 Å². The molecule has 0 aromatic carbocycles. The maximum absolute atomic E-state index is 4.45. The third-order valence-electron chi connectivity index (χ3n) is 2.07. The van der Waals surface area contributed by atoms with Crippen LogP contribution in [0.1, 0.15) is 40.0 Å². The van der Waals surface area contributed by atoms with E-state index in [0.29, 0.717) is 0 Å². The summed E-state index contributed by atoms with van der Waals surface area (Å²) in [6.07, 6.45) is 3.68. The first-order chi connectivity index (χ1) is 4.70. The van der Waals surface area contributed by atoms with Gasteiger partial charge in [0.1, 0.15) is 0 Å². The topological polar surface area (TPSA) is 12.4 Å². The predicted octanol–water partition coefficient (Wildman–Crippen LogP) is 2.93. The van der Waals surface area contributed by atoms with Gasteiger partial charge in [-0.05, 0) is 40.0 Å². The molecule has 0 N–H and O–H groups in total. The van der Waals surface area contributed by atoms with Gasteiger partial charge < -0.3 is 0 Å². The van der Waals surface area contributed by atoms with Crippen LogP contribution in [0.25, 0.3) is 0 Å². The van der Waals surface area contributed by atoms with Crippen molar-refractivity contribution in [2.24, 2.45) is 4.99 Å². The fourth-order valence-electron chi connectivity index (χ4n) is 1.23. The van der Waals surface area contributed by atoms with E-state index in [2.05, 4.69) is 25.8 Å². The van der Waals surface area contributed by atoms with Crippen LogP contribution in [0.2, 0.25) is 0 Å². The lowest BCUT2D eigenvalue weighted by Gasteiger charge is -1.96. The maximum Gasteiger partial charge on any atom is 0.0361 e. The molecule has 0 fully saturated rings. The van der Waals surface area contributed by atoms with Crippen LogP contribution in [-0.2, 0) is 0 Å². The Morgan fingerprint density at radius 3 is 2.50 bits per heavy atom. The normalized spacial score (nSPS) is 20.5. The van der Waals surface area contributed by atoms with E-state index in [-0.39, 0.29) is 0 Å². The Kier molecular flexibility index (Phi) is 2.25. The van der Waals surface area contributed by atoms with Gasteiger partial charge in [-0.15, -0.1) is 0 Å². The highest BCUT2D eigenvalue weighted by Gasteiger charge is 2.02. The van der Waals surface area contributed by atoms with E-state index in [4.69, 9.17) is 0 Å². The minimum Gasteiger partial charge on any atom is -0.263 e. The van der Waals surface area contributed by atoms with Crippen LogP contribution in [0.5, 0.6) is 0 Å². The molecular formula is C9H15N. The van der Waals surface area contributed by atoms with Gasteiger partial charge >= 0.3 is 0 Å². The minimum atomic E-state index is 1.18. The Morgan fingerprint density at radius 2 is 1.80 bits per heavy atom. The Bertz CT molecular complexity index is 187. The summed E-state index contributed by atoms with van der Waals surface area (Å²) >= 11 is 0. The van der Waals surface area contributed by atoms with Crippen molar-refractivity contribution < 1.29 is 0 Å². The summed E-state index contributed by atoms with van der Waals surface area (Å²) < 4.78 is 0. The highest BCUT2D eigenvalue weighted by molar-refractivity contribution is 5.83. The quantitative estimate of drug-likeness (QED) is 0.486. The summed E-state index contributed by atoms with van der Waals surface area (Å²) in [4.78, 5) is 4.45. The molecule has 0 unspecified atom stereocenters. The van der Waals surface area contributed by atoms with E-state index < -0.39 is 0 Å². The zero-order chi connectivity index (χ0) is 7.56. The molecule has 1 aliphatic rings. The third kappa shape index (κ3) is 1.69. The number of hydrogen-bond acceptors (Lipinski definition) is 1. The molecule has 0 amide bonds. The van der Waals surface area contributed by atoms with E-state index >= 15 is 0 Å². The second-order valence-electron chi connectivity index (χ2n) is 3.07. The molecule has 0 saturated carbocycles. The zero-order valence-corrected chi connectivity index (χ0v) is 7.07. The van der Waals surface area contributed by atoms with E-state index in [9.17, 15) is 0 Å². The summed E-state index contributed by atoms with van der Waals surface area (Å²) in [7, 11) is 0. The van der Waals surface area contributed by atoms with Gasteiger partial charge in [0.15, 0.2) is 0 Å². The molecule has 1 heteroatoms. The average molecular weight is 137 g/mol. The minimum absolute atomic E-state index is 1.18. The first-order valence-electron chi connectivity index (χ1n) is 3.90. The first-order valence-corrected chi connectivity index (χ1v) is 3.90. The van der Waals surface area contributed by atoms with Gasteiger partial charge in [0, 0.05) is 11.4 Å². The molecule has 1 nitrogen and oxygen atoms in total. The summed E-state index contributed by atoms with van der Waals surface area (Å²) in [5, 5.41) is 0. The van der Waals surface area contributed by atoms with Crippen molar-refractivity contribution in [2.75, 3.05) is 0 Å². The smallest absolute Gasteiger partial charge is 0.0361 e. The van der Waals surface area contributed by atoms with Gasteiger partial charge in [0.2, 0.25) is 0 Å². The van der Waals surface area contributed by atoms with Crippen LogP contribution in [0.3, 0.4) is 0 Å². The summed E-state index contributed by atoms with van der Waals surface area (Å²) in [5.74, 6) is 0. The zero-order valence-electron chi connectivity index (χ0n) is 7.07. The van der Waals surface area contributed by atoms with Gasteiger partial charge in [-0.25, -0.2) is 0 Å². The molecule has 0 aromatic heterocycles. The van der Waals surface area contributed by atoms with Crippen molar-refractivity contribution in [2.45, 2.75) is 40.0 Å². The lowest BCUT2D eigenvalue weighted by molar-refractivity contribution is 0.856. The molecule has 0 spiro atoms. The molecule has 56 valence electrons. The molecule has 0 radical (unpaired) electrons.